The normalized spacial score (nSPS) is 10.6. The highest BCUT2D eigenvalue weighted by Gasteiger charge is 2.20. The van der Waals surface area contributed by atoms with E-state index in [1.54, 1.807) is 17.3 Å². The molecule has 4 nitrogen and oxygen atoms in total. The van der Waals surface area contributed by atoms with E-state index < -0.39 is 0 Å². The number of carbonyl (C=O) groups is 1. The van der Waals surface area contributed by atoms with Gasteiger partial charge >= 0.3 is 0 Å². The van der Waals surface area contributed by atoms with E-state index in [0.717, 1.165) is 22.2 Å². The van der Waals surface area contributed by atoms with Crippen LogP contribution in [0.5, 0.6) is 0 Å². The largest absolute Gasteiger partial charge is 0.274 e. The second kappa shape index (κ2) is 5.93. The number of carbonyl (C=O) groups excluding carboxylic acids is 1. The fraction of sp³-hybridized carbons (Fsp3) is 0.167. The van der Waals surface area contributed by atoms with Gasteiger partial charge in [0.05, 0.1) is 17.4 Å². The van der Waals surface area contributed by atoms with Crippen LogP contribution in [0.3, 0.4) is 0 Å². The zero-order valence-electron chi connectivity index (χ0n) is 12.7. The summed E-state index contributed by atoms with van der Waals surface area (Å²) in [6.07, 6.45) is 3.83. The standard InChI is InChI=1S/C18H17N3O/c1-3-17(22)21(18-13(2)7-6-10-19-18)15-11-14-8-4-5-9-16(14)20-12-15/h4-12H,3H2,1-2H3. The molecule has 22 heavy (non-hydrogen) atoms. The molecule has 3 aromatic rings. The molecule has 0 N–H and O–H groups in total. The molecular weight excluding hydrogens is 274 g/mol. The van der Waals surface area contributed by atoms with Gasteiger partial charge in [-0.05, 0) is 30.7 Å². The summed E-state index contributed by atoms with van der Waals surface area (Å²) in [5.41, 5.74) is 2.61. The molecule has 110 valence electrons. The number of fused-ring (bicyclic) bond motifs is 1. The summed E-state index contributed by atoms with van der Waals surface area (Å²) in [5.74, 6) is 0.658. The summed E-state index contributed by atoms with van der Waals surface area (Å²) in [6, 6.07) is 13.7. The molecule has 0 aliphatic carbocycles. The Balaban J connectivity index is 2.16. The number of aryl methyl sites for hydroxylation is 1. The zero-order valence-corrected chi connectivity index (χ0v) is 12.7. The molecule has 0 aliphatic rings. The molecule has 0 bridgehead atoms. The molecule has 3 rings (SSSR count). The molecule has 0 saturated carbocycles. The Morgan fingerprint density at radius 3 is 2.73 bits per heavy atom. The van der Waals surface area contributed by atoms with E-state index in [-0.39, 0.29) is 5.91 Å². The van der Waals surface area contributed by atoms with E-state index in [9.17, 15) is 4.79 Å². The summed E-state index contributed by atoms with van der Waals surface area (Å²) in [6.45, 7) is 3.80. The lowest BCUT2D eigenvalue weighted by atomic mass is 10.2. The van der Waals surface area contributed by atoms with Crippen molar-refractivity contribution in [2.24, 2.45) is 0 Å². The number of para-hydroxylation sites is 1. The molecule has 2 heterocycles. The highest BCUT2D eigenvalue weighted by Crippen LogP contribution is 2.28. The van der Waals surface area contributed by atoms with Crippen molar-refractivity contribution in [1.29, 1.82) is 0 Å². The van der Waals surface area contributed by atoms with E-state index in [2.05, 4.69) is 9.97 Å². The quantitative estimate of drug-likeness (QED) is 0.732. The number of hydrogen-bond donors (Lipinski definition) is 0. The van der Waals surface area contributed by atoms with Crippen molar-refractivity contribution in [3.63, 3.8) is 0 Å². The summed E-state index contributed by atoms with van der Waals surface area (Å²) < 4.78 is 0. The fourth-order valence-electron chi connectivity index (χ4n) is 2.44. The van der Waals surface area contributed by atoms with Crippen molar-refractivity contribution >= 4 is 28.3 Å². The zero-order chi connectivity index (χ0) is 15.5. The van der Waals surface area contributed by atoms with Gasteiger partial charge in [0, 0.05) is 18.0 Å². The first-order valence-electron chi connectivity index (χ1n) is 7.30. The summed E-state index contributed by atoms with van der Waals surface area (Å²) in [7, 11) is 0. The van der Waals surface area contributed by atoms with E-state index in [4.69, 9.17) is 0 Å². The van der Waals surface area contributed by atoms with Crippen molar-refractivity contribution < 1.29 is 4.79 Å². The summed E-state index contributed by atoms with van der Waals surface area (Å²) in [4.78, 5) is 22.9. The lowest BCUT2D eigenvalue weighted by Crippen LogP contribution is -2.26. The van der Waals surface area contributed by atoms with E-state index in [1.807, 2.05) is 56.3 Å². The van der Waals surface area contributed by atoms with E-state index in [0.29, 0.717) is 12.2 Å². The molecule has 0 saturated heterocycles. The maximum absolute atomic E-state index is 12.5. The Morgan fingerprint density at radius 1 is 1.14 bits per heavy atom. The van der Waals surface area contributed by atoms with Gasteiger partial charge in [-0.1, -0.05) is 31.2 Å². The second-order valence-corrected chi connectivity index (χ2v) is 5.11. The monoisotopic (exact) mass is 291 g/mol. The van der Waals surface area contributed by atoms with Crippen LogP contribution in [0.15, 0.2) is 54.9 Å². The van der Waals surface area contributed by atoms with Gasteiger partial charge in [0.25, 0.3) is 0 Å². The number of hydrogen-bond acceptors (Lipinski definition) is 3. The lowest BCUT2D eigenvalue weighted by Gasteiger charge is -2.23. The molecule has 4 heteroatoms. The minimum Gasteiger partial charge on any atom is -0.274 e. The number of benzene rings is 1. The SMILES string of the molecule is CCC(=O)N(c1cnc2ccccc2c1)c1ncccc1C. The van der Waals surface area contributed by atoms with Crippen molar-refractivity contribution in [3.8, 4) is 0 Å². The van der Waals surface area contributed by atoms with Crippen LogP contribution >= 0.6 is 0 Å². The van der Waals surface area contributed by atoms with Gasteiger partial charge in [-0.25, -0.2) is 4.98 Å². The first-order valence-corrected chi connectivity index (χ1v) is 7.30. The Hall–Kier alpha value is -2.75. The van der Waals surface area contributed by atoms with Crippen molar-refractivity contribution in [1.82, 2.24) is 9.97 Å². The predicted octanol–water partition coefficient (Wildman–Crippen LogP) is 4.01. The average molecular weight is 291 g/mol. The van der Waals surface area contributed by atoms with Crippen LogP contribution in [0.25, 0.3) is 10.9 Å². The van der Waals surface area contributed by atoms with Crippen molar-refractivity contribution in [2.75, 3.05) is 4.90 Å². The summed E-state index contributed by atoms with van der Waals surface area (Å²) >= 11 is 0. The molecule has 1 amide bonds. The van der Waals surface area contributed by atoms with E-state index in [1.165, 1.54) is 0 Å². The van der Waals surface area contributed by atoms with Crippen LogP contribution in [0.4, 0.5) is 11.5 Å². The number of aromatic nitrogens is 2. The minimum absolute atomic E-state index is 0.00104. The number of rotatable bonds is 3. The lowest BCUT2D eigenvalue weighted by molar-refractivity contribution is -0.117. The molecule has 0 aliphatic heterocycles. The third-order valence-corrected chi connectivity index (χ3v) is 3.58. The molecular formula is C18H17N3O. The Kier molecular flexibility index (Phi) is 3.83. The maximum atomic E-state index is 12.5. The van der Waals surface area contributed by atoms with Gasteiger partial charge in [-0.15, -0.1) is 0 Å². The van der Waals surface area contributed by atoms with Gasteiger partial charge in [-0.2, -0.15) is 0 Å². The first-order chi connectivity index (χ1) is 10.7. The van der Waals surface area contributed by atoms with Gasteiger partial charge in [0.2, 0.25) is 5.91 Å². The van der Waals surface area contributed by atoms with Crippen LogP contribution in [0, 0.1) is 6.92 Å². The highest BCUT2D eigenvalue weighted by molar-refractivity contribution is 6.01. The van der Waals surface area contributed by atoms with Gasteiger partial charge in [0.15, 0.2) is 0 Å². The molecule has 1 aromatic carbocycles. The number of nitrogens with zero attached hydrogens (tertiary/aromatic N) is 3. The van der Waals surface area contributed by atoms with Crippen LogP contribution in [0.2, 0.25) is 0 Å². The summed E-state index contributed by atoms with van der Waals surface area (Å²) in [5, 5.41) is 1.00. The number of anilines is 2. The third kappa shape index (κ3) is 2.55. The van der Waals surface area contributed by atoms with Gasteiger partial charge < -0.3 is 0 Å². The third-order valence-electron chi connectivity index (χ3n) is 3.58. The van der Waals surface area contributed by atoms with Gasteiger partial charge in [-0.3, -0.25) is 14.7 Å². The topological polar surface area (TPSA) is 46.1 Å². The average Bonchev–Trinajstić information content (AvgIpc) is 2.56. The van der Waals surface area contributed by atoms with Gasteiger partial charge in [0.1, 0.15) is 5.82 Å². The molecule has 0 fully saturated rings. The molecule has 0 atom stereocenters. The second-order valence-electron chi connectivity index (χ2n) is 5.11. The van der Waals surface area contributed by atoms with Crippen molar-refractivity contribution in [2.45, 2.75) is 20.3 Å². The number of amides is 1. The van der Waals surface area contributed by atoms with Crippen LogP contribution < -0.4 is 4.90 Å². The predicted molar refractivity (Wildman–Crippen MR) is 88.2 cm³/mol. The molecule has 0 radical (unpaired) electrons. The Labute approximate surface area is 129 Å². The van der Waals surface area contributed by atoms with Crippen LogP contribution in [0.1, 0.15) is 18.9 Å². The molecule has 0 unspecified atom stereocenters. The smallest absolute Gasteiger partial charge is 0.232 e. The molecule has 0 spiro atoms. The van der Waals surface area contributed by atoms with E-state index >= 15 is 0 Å². The minimum atomic E-state index is -0.00104. The Bertz CT molecular complexity index is 829. The van der Waals surface area contributed by atoms with Crippen molar-refractivity contribution in [3.05, 3.63) is 60.4 Å². The number of pyridine rings is 2. The molecule has 2 aromatic heterocycles. The highest BCUT2D eigenvalue weighted by atomic mass is 16.2. The maximum Gasteiger partial charge on any atom is 0.232 e. The van der Waals surface area contributed by atoms with Crippen LogP contribution in [-0.4, -0.2) is 15.9 Å². The van der Waals surface area contributed by atoms with Crippen LogP contribution in [-0.2, 0) is 4.79 Å². The fourth-order valence-corrected chi connectivity index (χ4v) is 2.44. The Morgan fingerprint density at radius 2 is 1.95 bits per heavy atom. The first kappa shape index (κ1) is 14.2.